The summed E-state index contributed by atoms with van der Waals surface area (Å²) < 4.78 is 10.8. The first-order valence-electron chi connectivity index (χ1n) is 6.64. The number of halogens is 2. The number of nitrogens with zero attached hydrogens (tertiary/aromatic N) is 1. The van der Waals surface area contributed by atoms with Gasteiger partial charge < -0.3 is 9.26 Å². The van der Waals surface area contributed by atoms with E-state index >= 15 is 0 Å². The van der Waals surface area contributed by atoms with Gasteiger partial charge in [0.1, 0.15) is 11.5 Å². The molecular weight excluding hydrogens is 329 g/mol. The molecule has 3 nitrogen and oxygen atoms in total. The fraction of sp³-hybridized carbons (Fsp3) is 0.333. The highest BCUT2D eigenvalue weighted by Gasteiger charge is 2.23. The average Bonchev–Trinajstić information content (AvgIpc) is 2.80. The first-order valence-corrected chi connectivity index (χ1v) is 7.80. The van der Waals surface area contributed by atoms with E-state index in [1.165, 1.54) is 0 Å². The van der Waals surface area contributed by atoms with Gasteiger partial charge in [-0.2, -0.15) is 0 Å². The molecule has 2 rings (SSSR count). The maximum absolute atomic E-state index is 6.23. The summed E-state index contributed by atoms with van der Waals surface area (Å²) in [7, 11) is 0. The van der Waals surface area contributed by atoms with Crippen LogP contribution in [0.25, 0.3) is 11.3 Å². The Kier molecular flexibility index (Phi) is 5.62. The van der Waals surface area contributed by atoms with Crippen LogP contribution in [0.15, 0.2) is 22.7 Å². The lowest BCUT2D eigenvalue weighted by atomic mass is 10.1. The summed E-state index contributed by atoms with van der Waals surface area (Å²) in [6.07, 6.45) is 1.97. The first-order chi connectivity index (χ1) is 10.1. The van der Waals surface area contributed by atoms with E-state index in [1.807, 2.05) is 0 Å². The standard InChI is InChI=1S/C15H15Cl2NO2S/c1-3-4-8-19-15(21)12-9(2)20-18-14(12)13-10(16)6-5-7-11(13)17/h5-7H,3-4,8H2,1-2H3. The number of ether oxygens (including phenoxy) is 1. The number of hydrogen-bond donors (Lipinski definition) is 0. The van der Waals surface area contributed by atoms with Crippen LogP contribution in [-0.4, -0.2) is 16.8 Å². The lowest BCUT2D eigenvalue weighted by Gasteiger charge is -2.09. The van der Waals surface area contributed by atoms with Crippen LogP contribution >= 0.6 is 35.4 Å². The predicted molar refractivity (Wildman–Crippen MR) is 89.3 cm³/mol. The Morgan fingerprint density at radius 1 is 1.33 bits per heavy atom. The van der Waals surface area contributed by atoms with E-state index in [4.69, 9.17) is 44.7 Å². The van der Waals surface area contributed by atoms with Crippen molar-refractivity contribution in [2.45, 2.75) is 26.7 Å². The van der Waals surface area contributed by atoms with Crippen LogP contribution in [0.1, 0.15) is 31.1 Å². The van der Waals surface area contributed by atoms with Crippen LogP contribution in [0.2, 0.25) is 10.0 Å². The van der Waals surface area contributed by atoms with Crippen molar-refractivity contribution in [2.24, 2.45) is 0 Å². The molecule has 6 heteroatoms. The number of unbranched alkanes of at least 4 members (excludes halogenated alkanes) is 1. The number of rotatable bonds is 5. The SMILES string of the molecule is CCCCOC(=S)c1c(-c2c(Cl)cccc2Cl)noc1C. The van der Waals surface area contributed by atoms with Crippen LogP contribution in [0.5, 0.6) is 0 Å². The summed E-state index contributed by atoms with van der Waals surface area (Å²) in [4.78, 5) is 0. The van der Waals surface area contributed by atoms with Gasteiger partial charge in [-0.05, 0) is 37.7 Å². The second kappa shape index (κ2) is 7.25. The Labute approximate surface area is 139 Å². The maximum atomic E-state index is 6.23. The number of thiocarbonyl (C=S) groups is 1. The van der Waals surface area contributed by atoms with Crippen molar-refractivity contribution in [3.63, 3.8) is 0 Å². The first kappa shape index (κ1) is 16.3. The number of aryl methyl sites for hydroxylation is 1. The van der Waals surface area contributed by atoms with E-state index in [9.17, 15) is 0 Å². The number of hydrogen-bond acceptors (Lipinski definition) is 4. The third kappa shape index (κ3) is 3.57. The zero-order valence-corrected chi connectivity index (χ0v) is 14.1. The van der Waals surface area contributed by atoms with E-state index < -0.39 is 0 Å². The largest absolute Gasteiger partial charge is 0.483 e. The molecule has 0 bridgehead atoms. The fourth-order valence-electron chi connectivity index (χ4n) is 1.89. The minimum absolute atomic E-state index is 0.355. The molecule has 0 aliphatic carbocycles. The molecule has 0 unspecified atom stereocenters. The van der Waals surface area contributed by atoms with Gasteiger partial charge in [0, 0.05) is 5.56 Å². The van der Waals surface area contributed by atoms with Gasteiger partial charge in [-0.15, -0.1) is 0 Å². The lowest BCUT2D eigenvalue weighted by Crippen LogP contribution is -2.07. The van der Waals surface area contributed by atoms with Gasteiger partial charge in [-0.1, -0.05) is 47.8 Å². The summed E-state index contributed by atoms with van der Waals surface area (Å²) in [5, 5.41) is 5.39. The van der Waals surface area contributed by atoms with Crippen LogP contribution in [-0.2, 0) is 4.74 Å². The van der Waals surface area contributed by atoms with Crippen LogP contribution < -0.4 is 0 Å². The molecule has 0 fully saturated rings. The van der Waals surface area contributed by atoms with Crippen molar-refractivity contribution in [3.8, 4) is 11.3 Å². The topological polar surface area (TPSA) is 35.3 Å². The quantitative estimate of drug-likeness (QED) is 0.534. The molecule has 0 atom stereocenters. The minimum atomic E-state index is 0.355. The summed E-state index contributed by atoms with van der Waals surface area (Å²) in [5.74, 6) is 0.586. The Morgan fingerprint density at radius 2 is 2.00 bits per heavy atom. The summed E-state index contributed by atoms with van der Waals surface area (Å²) in [5.41, 5.74) is 1.76. The molecule has 0 amide bonds. The predicted octanol–water partition coefficient (Wildman–Crippen LogP) is 5.45. The highest BCUT2D eigenvalue weighted by molar-refractivity contribution is 7.80. The normalized spacial score (nSPS) is 10.7. The second-order valence-electron chi connectivity index (χ2n) is 4.55. The zero-order valence-electron chi connectivity index (χ0n) is 11.8. The van der Waals surface area contributed by atoms with Gasteiger partial charge >= 0.3 is 0 Å². The van der Waals surface area contributed by atoms with Crippen LogP contribution in [0, 0.1) is 6.92 Å². The molecule has 21 heavy (non-hydrogen) atoms. The third-order valence-electron chi connectivity index (χ3n) is 3.00. The number of benzene rings is 1. The maximum Gasteiger partial charge on any atom is 0.197 e. The van der Waals surface area contributed by atoms with E-state index in [-0.39, 0.29) is 0 Å². The summed E-state index contributed by atoms with van der Waals surface area (Å²) >= 11 is 17.8. The highest BCUT2D eigenvalue weighted by Crippen LogP contribution is 2.37. The Balaban J connectivity index is 2.41. The monoisotopic (exact) mass is 343 g/mol. The van der Waals surface area contributed by atoms with Gasteiger partial charge in [0.15, 0.2) is 5.05 Å². The molecule has 0 aliphatic heterocycles. The Morgan fingerprint density at radius 3 is 2.62 bits per heavy atom. The molecule has 0 saturated carbocycles. The third-order valence-corrected chi connectivity index (χ3v) is 3.95. The Bertz CT molecular complexity index is 635. The highest BCUT2D eigenvalue weighted by atomic mass is 35.5. The van der Waals surface area contributed by atoms with Gasteiger partial charge in [0.05, 0.1) is 22.2 Å². The second-order valence-corrected chi connectivity index (χ2v) is 5.73. The smallest absolute Gasteiger partial charge is 0.197 e. The molecule has 0 spiro atoms. The van der Waals surface area contributed by atoms with E-state index in [0.717, 1.165) is 12.8 Å². The molecule has 1 heterocycles. The van der Waals surface area contributed by atoms with Gasteiger partial charge in [-0.3, -0.25) is 0 Å². The van der Waals surface area contributed by atoms with Crippen molar-refractivity contribution < 1.29 is 9.26 Å². The number of aromatic nitrogens is 1. The molecule has 0 saturated heterocycles. The zero-order chi connectivity index (χ0) is 15.4. The average molecular weight is 344 g/mol. The molecule has 2 aromatic rings. The summed E-state index contributed by atoms with van der Waals surface area (Å²) in [6.45, 7) is 4.44. The van der Waals surface area contributed by atoms with Gasteiger partial charge in [-0.25, -0.2) is 0 Å². The molecule has 0 aliphatic rings. The molecule has 112 valence electrons. The lowest BCUT2D eigenvalue weighted by molar-refractivity contribution is 0.305. The van der Waals surface area contributed by atoms with Gasteiger partial charge in [0.2, 0.25) is 0 Å². The minimum Gasteiger partial charge on any atom is -0.483 e. The molecular formula is C15H15Cl2NO2S. The molecule has 1 aromatic carbocycles. The van der Waals surface area contributed by atoms with Crippen molar-refractivity contribution in [1.29, 1.82) is 0 Å². The molecule has 0 radical (unpaired) electrons. The van der Waals surface area contributed by atoms with Crippen LogP contribution in [0.4, 0.5) is 0 Å². The molecule has 0 N–H and O–H groups in total. The van der Waals surface area contributed by atoms with E-state index in [0.29, 0.717) is 44.3 Å². The van der Waals surface area contributed by atoms with E-state index in [2.05, 4.69) is 12.1 Å². The molecule has 1 aromatic heterocycles. The fourth-order valence-corrected chi connectivity index (χ4v) is 2.79. The van der Waals surface area contributed by atoms with Crippen molar-refractivity contribution >= 4 is 40.5 Å². The summed E-state index contributed by atoms with van der Waals surface area (Å²) in [6, 6.07) is 5.27. The Hall–Kier alpha value is -1.10. The van der Waals surface area contributed by atoms with Crippen molar-refractivity contribution in [2.75, 3.05) is 6.61 Å². The van der Waals surface area contributed by atoms with Gasteiger partial charge in [0.25, 0.3) is 0 Å². The van der Waals surface area contributed by atoms with Crippen molar-refractivity contribution in [3.05, 3.63) is 39.6 Å². The van der Waals surface area contributed by atoms with Crippen LogP contribution in [0.3, 0.4) is 0 Å². The van der Waals surface area contributed by atoms with Crippen molar-refractivity contribution in [1.82, 2.24) is 5.16 Å². The van der Waals surface area contributed by atoms with E-state index in [1.54, 1.807) is 25.1 Å².